The Morgan fingerprint density at radius 1 is 1.43 bits per heavy atom. The van der Waals surface area contributed by atoms with E-state index in [9.17, 15) is 0 Å². The van der Waals surface area contributed by atoms with E-state index in [-0.39, 0.29) is 0 Å². The van der Waals surface area contributed by atoms with Gasteiger partial charge in [-0.25, -0.2) is 0 Å². The van der Waals surface area contributed by atoms with Crippen molar-refractivity contribution in [3.63, 3.8) is 0 Å². The Morgan fingerprint density at radius 3 is 2.79 bits per heavy atom. The fourth-order valence-electron chi connectivity index (χ4n) is 2.02. The van der Waals surface area contributed by atoms with Crippen LogP contribution in [-0.2, 0) is 4.43 Å². The van der Waals surface area contributed by atoms with Gasteiger partial charge in [0.05, 0.1) is 0 Å². The molecule has 0 spiro atoms. The van der Waals surface area contributed by atoms with E-state index in [2.05, 4.69) is 32.2 Å². The molecule has 1 nitrogen and oxygen atoms in total. The minimum absolute atomic E-state index is 0.474. The molecule has 0 heterocycles. The van der Waals surface area contributed by atoms with Crippen molar-refractivity contribution in [1.29, 1.82) is 0 Å². The van der Waals surface area contributed by atoms with Crippen molar-refractivity contribution in [2.75, 3.05) is 6.61 Å². The molecule has 0 bridgehead atoms. The van der Waals surface area contributed by atoms with E-state index in [1.165, 1.54) is 25.7 Å². The summed E-state index contributed by atoms with van der Waals surface area (Å²) in [5, 5.41) is 0. The second-order valence-corrected chi connectivity index (χ2v) is 6.67. The van der Waals surface area contributed by atoms with Gasteiger partial charge in [0.2, 0.25) is 9.04 Å². The van der Waals surface area contributed by atoms with Crippen molar-refractivity contribution in [2.24, 2.45) is 11.8 Å². The van der Waals surface area contributed by atoms with Crippen LogP contribution in [0.25, 0.3) is 0 Å². The average molecular weight is 211 g/mol. The molecule has 2 unspecified atom stereocenters. The van der Waals surface area contributed by atoms with Crippen LogP contribution in [0.2, 0.25) is 13.1 Å². The molecule has 0 fully saturated rings. The Kier molecular flexibility index (Phi) is 5.49. The molecule has 2 heteroatoms. The second-order valence-electron chi connectivity index (χ2n) is 4.57. The minimum atomic E-state index is -0.474. The van der Waals surface area contributed by atoms with Gasteiger partial charge < -0.3 is 4.43 Å². The summed E-state index contributed by atoms with van der Waals surface area (Å²) in [5.41, 5.74) is 0. The van der Waals surface area contributed by atoms with Gasteiger partial charge >= 0.3 is 0 Å². The molecule has 0 aliphatic heterocycles. The topological polar surface area (TPSA) is 9.23 Å². The number of hydrogen-bond acceptors (Lipinski definition) is 1. The van der Waals surface area contributed by atoms with Gasteiger partial charge in [-0.2, -0.15) is 0 Å². The van der Waals surface area contributed by atoms with E-state index in [4.69, 9.17) is 4.43 Å². The Morgan fingerprint density at radius 2 is 2.21 bits per heavy atom. The standard InChI is InChI=1S/C12H23OSi/c1-11(9-10-13-14(2)3)12-7-5-4-6-8-12/h4-5,11-12H,6-10H2,1-3H3. The average Bonchev–Trinajstić information content (AvgIpc) is 2.18. The maximum Gasteiger partial charge on any atom is 0.204 e. The highest BCUT2D eigenvalue weighted by Gasteiger charge is 2.17. The van der Waals surface area contributed by atoms with Crippen LogP contribution in [0, 0.1) is 11.8 Å². The summed E-state index contributed by atoms with van der Waals surface area (Å²) in [5.74, 6) is 1.74. The second kappa shape index (κ2) is 6.41. The summed E-state index contributed by atoms with van der Waals surface area (Å²) in [7, 11) is -0.474. The van der Waals surface area contributed by atoms with Gasteiger partial charge in [0.25, 0.3) is 0 Å². The molecule has 1 radical (unpaired) electrons. The van der Waals surface area contributed by atoms with Crippen LogP contribution >= 0.6 is 0 Å². The minimum Gasteiger partial charge on any atom is -0.417 e. The Balaban J connectivity index is 2.14. The molecule has 1 rings (SSSR count). The first kappa shape index (κ1) is 12.0. The fourth-order valence-corrected chi connectivity index (χ4v) is 2.54. The zero-order valence-corrected chi connectivity index (χ0v) is 10.8. The van der Waals surface area contributed by atoms with Crippen molar-refractivity contribution in [3.8, 4) is 0 Å². The van der Waals surface area contributed by atoms with Gasteiger partial charge in [-0.15, -0.1) is 0 Å². The Hall–Kier alpha value is -0.0831. The van der Waals surface area contributed by atoms with Gasteiger partial charge in [0.15, 0.2) is 0 Å². The van der Waals surface area contributed by atoms with E-state index in [0.717, 1.165) is 18.4 Å². The van der Waals surface area contributed by atoms with Gasteiger partial charge in [-0.05, 0) is 50.6 Å². The van der Waals surface area contributed by atoms with Crippen molar-refractivity contribution in [2.45, 2.75) is 45.7 Å². The lowest BCUT2D eigenvalue weighted by molar-refractivity contribution is 0.239. The molecule has 81 valence electrons. The monoisotopic (exact) mass is 211 g/mol. The van der Waals surface area contributed by atoms with Gasteiger partial charge in [-0.1, -0.05) is 19.1 Å². The molecular weight excluding hydrogens is 188 g/mol. The molecule has 1 aliphatic rings. The third kappa shape index (κ3) is 4.42. The first-order valence-corrected chi connectivity index (χ1v) is 8.19. The largest absolute Gasteiger partial charge is 0.417 e. The highest BCUT2D eigenvalue weighted by Crippen LogP contribution is 2.27. The van der Waals surface area contributed by atoms with Crippen LogP contribution in [-0.4, -0.2) is 15.6 Å². The van der Waals surface area contributed by atoms with Gasteiger partial charge in [0.1, 0.15) is 0 Å². The molecule has 0 saturated heterocycles. The molecule has 14 heavy (non-hydrogen) atoms. The lowest BCUT2D eigenvalue weighted by atomic mass is 9.82. The summed E-state index contributed by atoms with van der Waals surface area (Å²) in [6.07, 6.45) is 9.87. The summed E-state index contributed by atoms with van der Waals surface area (Å²) in [4.78, 5) is 0. The van der Waals surface area contributed by atoms with E-state index in [1.807, 2.05) is 0 Å². The maximum atomic E-state index is 5.69. The SMILES string of the molecule is CC(CCO[Si](C)C)C1CC=CCC1. The van der Waals surface area contributed by atoms with Crippen LogP contribution in [0.1, 0.15) is 32.6 Å². The molecule has 0 aromatic heterocycles. The fraction of sp³-hybridized carbons (Fsp3) is 0.833. The molecule has 0 aromatic rings. The smallest absolute Gasteiger partial charge is 0.204 e. The highest BCUT2D eigenvalue weighted by atomic mass is 28.3. The van der Waals surface area contributed by atoms with Crippen LogP contribution in [0.15, 0.2) is 12.2 Å². The maximum absolute atomic E-state index is 5.69. The molecule has 0 saturated carbocycles. The first-order valence-electron chi connectivity index (χ1n) is 5.78. The third-order valence-corrected chi connectivity index (χ3v) is 3.86. The van der Waals surface area contributed by atoms with Crippen LogP contribution in [0.4, 0.5) is 0 Å². The summed E-state index contributed by atoms with van der Waals surface area (Å²) >= 11 is 0. The predicted octanol–water partition coefficient (Wildman–Crippen LogP) is 3.64. The van der Waals surface area contributed by atoms with Gasteiger partial charge in [-0.3, -0.25) is 0 Å². The van der Waals surface area contributed by atoms with Crippen LogP contribution < -0.4 is 0 Å². The molecule has 0 aromatic carbocycles. The molecule has 0 N–H and O–H groups in total. The Labute approximate surface area is 90.3 Å². The lowest BCUT2D eigenvalue weighted by Crippen LogP contribution is -2.17. The van der Waals surface area contributed by atoms with Crippen molar-refractivity contribution < 1.29 is 4.43 Å². The highest BCUT2D eigenvalue weighted by molar-refractivity contribution is 6.48. The van der Waals surface area contributed by atoms with Crippen molar-refractivity contribution >= 4 is 9.04 Å². The quantitative estimate of drug-likeness (QED) is 0.498. The number of allylic oxidation sites excluding steroid dienone is 2. The van der Waals surface area contributed by atoms with E-state index in [1.54, 1.807) is 0 Å². The number of rotatable bonds is 5. The normalized spacial score (nSPS) is 24.1. The molecule has 2 atom stereocenters. The third-order valence-electron chi connectivity index (χ3n) is 3.08. The molecule has 0 amide bonds. The van der Waals surface area contributed by atoms with E-state index >= 15 is 0 Å². The molecular formula is C12H23OSi. The summed E-state index contributed by atoms with van der Waals surface area (Å²) < 4.78 is 5.69. The molecule has 1 aliphatic carbocycles. The number of hydrogen-bond donors (Lipinski definition) is 0. The van der Waals surface area contributed by atoms with Crippen molar-refractivity contribution in [1.82, 2.24) is 0 Å². The van der Waals surface area contributed by atoms with Crippen LogP contribution in [0.3, 0.4) is 0 Å². The van der Waals surface area contributed by atoms with E-state index in [0.29, 0.717) is 0 Å². The summed E-state index contributed by atoms with van der Waals surface area (Å²) in [6.45, 7) is 7.77. The van der Waals surface area contributed by atoms with E-state index < -0.39 is 9.04 Å². The predicted molar refractivity (Wildman–Crippen MR) is 63.7 cm³/mol. The van der Waals surface area contributed by atoms with Gasteiger partial charge in [0, 0.05) is 6.61 Å². The zero-order valence-electron chi connectivity index (χ0n) is 9.75. The Bertz CT molecular complexity index is 177. The zero-order chi connectivity index (χ0) is 10.4. The lowest BCUT2D eigenvalue weighted by Gasteiger charge is -2.25. The van der Waals surface area contributed by atoms with Crippen LogP contribution in [0.5, 0.6) is 0 Å². The summed E-state index contributed by atoms with van der Waals surface area (Å²) in [6, 6.07) is 0. The first-order chi connectivity index (χ1) is 6.70. The van der Waals surface area contributed by atoms with Crippen molar-refractivity contribution in [3.05, 3.63) is 12.2 Å².